The number of carbonyl (C=O) groups excluding carboxylic acids is 3. The molecule has 1 aromatic heterocycles. The maximum atomic E-state index is 12.6. The lowest BCUT2D eigenvalue weighted by atomic mass is 10.1. The molecule has 0 saturated carbocycles. The highest BCUT2D eigenvalue weighted by Crippen LogP contribution is 2.20. The summed E-state index contributed by atoms with van der Waals surface area (Å²) in [6.45, 7) is 11.2. The van der Waals surface area contributed by atoms with Crippen molar-refractivity contribution in [3.05, 3.63) is 22.5 Å². The Bertz CT molecular complexity index is 684. The zero-order valence-electron chi connectivity index (χ0n) is 15.6. The van der Waals surface area contributed by atoms with Gasteiger partial charge in [0.2, 0.25) is 0 Å². The van der Waals surface area contributed by atoms with Gasteiger partial charge >= 0.3 is 5.97 Å². The summed E-state index contributed by atoms with van der Waals surface area (Å²) in [5.74, 6) is -1.00. The first kappa shape index (κ1) is 19.2. The molecule has 0 radical (unpaired) electrons. The number of carbonyl (C=O) groups is 3. The molecule has 0 bridgehead atoms. The van der Waals surface area contributed by atoms with Gasteiger partial charge in [-0.2, -0.15) is 0 Å². The molecule has 7 heteroatoms. The largest absolute Gasteiger partial charge is 0.448 e. The zero-order valence-corrected chi connectivity index (χ0v) is 15.6. The number of H-pyrrole nitrogens is 1. The van der Waals surface area contributed by atoms with Crippen molar-refractivity contribution < 1.29 is 23.9 Å². The van der Waals surface area contributed by atoms with Crippen LogP contribution in [0.3, 0.4) is 0 Å². The van der Waals surface area contributed by atoms with E-state index < -0.39 is 12.1 Å². The second kappa shape index (κ2) is 7.39. The molecule has 0 unspecified atom stereocenters. The predicted molar refractivity (Wildman–Crippen MR) is 91.7 cm³/mol. The van der Waals surface area contributed by atoms with Crippen molar-refractivity contribution in [1.82, 2.24) is 9.88 Å². The van der Waals surface area contributed by atoms with Crippen LogP contribution in [-0.2, 0) is 14.3 Å². The topological polar surface area (TPSA) is 88.7 Å². The van der Waals surface area contributed by atoms with Crippen LogP contribution in [0.15, 0.2) is 0 Å². The molecule has 138 valence electrons. The summed E-state index contributed by atoms with van der Waals surface area (Å²) in [6, 6.07) is 0. The van der Waals surface area contributed by atoms with Crippen LogP contribution >= 0.6 is 0 Å². The van der Waals surface area contributed by atoms with Crippen LogP contribution in [0.2, 0.25) is 0 Å². The van der Waals surface area contributed by atoms with E-state index in [1.54, 1.807) is 25.7 Å². The molecular weight excluding hydrogens is 324 g/mol. The van der Waals surface area contributed by atoms with Crippen LogP contribution in [0.1, 0.15) is 59.8 Å². The summed E-state index contributed by atoms with van der Waals surface area (Å²) in [5.41, 5.74) is 1.86. The van der Waals surface area contributed by atoms with E-state index in [-0.39, 0.29) is 29.6 Å². The molecule has 1 fully saturated rings. The summed E-state index contributed by atoms with van der Waals surface area (Å²) < 4.78 is 10.9. The lowest BCUT2D eigenvalue weighted by Gasteiger charge is -2.36. The van der Waals surface area contributed by atoms with Gasteiger partial charge < -0.3 is 19.4 Å². The molecule has 0 spiro atoms. The number of aryl methyl sites for hydroxylation is 1. The van der Waals surface area contributed by atoms with Crippen LogP contribution in [0.25, 0.3) is 0 Å². The van der Waals surface area contributed by atoms with Gasteiger partial charge in [0.15, 0.2) is 11.9 Å². The molecule has 1 aromatic rings. The Morgan fingerprint density at radius 2 is 1.76 bits per heavy atom. The molecule has 0 aliphatic carbocycles. The van der Waals surface area contributed by atoms with Crippen LogP contribution in [0.4, 0.5) is 0 Å². The first-order valence-electron chi connectivity index (χ1n) is 8.47. The average molecular weight is 350 g/mol. The van der Waals surface area contributed by atoms with E-state index in [2.05, 4.69) is 4.98 Å². The molecule has 3 atom stereocenters. The third-order valence-corrected chi connectivity index (χ3v) is 4.36. The molecule has 7 nitrogen and oxygen atoms in total. The Morgan fingerprint density at radius 1 is 1.20 bits per heavy atom. The van der Waals surface area contributed by atoms with Gasteiger partial charge in [-0.3, -0.25) is 9.59 Å². The van der Waals surface area contributed by atoms with Crippen molar-refractivity contribution in [2.45, 2.75) is 59.9 Å². The van der Waals surface area contributed by atoms with Crippen LogP contribution in [-0.4, -0.2) is 58.9 Å². The van der Waals surface area contributed by atoms with Crippen LogP contribution in [0, 0.1) is 13.8 Å². The molecule has 2 rings (SSSR count). The van der Waals surface area contributed by atoms with E-state index in [1.807, 2.05) is 13.8 Å². The third-order valence-electron chi connectivity index (χ3n) is 4.36. The van der Waals surface area contributed by atoms with Gasteiger partial charge in [-0.25, -0.2) is 4.79 Å². The molecule has 1 aliphatic heterocycles. The first-order chi connectivity index (χ1) is 11.6. The Morgan fingerprint density at radius 3 is 2.24 bits per heavy atom. The van der Waals surface area contributed by atoms with Crippen molar-refractivity contribution in [2.24, 2.45) is 0 Å². The second-order valence-electron chi connectivity index (χ2n) is 6.73. The number of nitrogens with zero attached hydrogens (tertiary/aromatic N) is 1. The summed E-state index contributed by atoms with van der Waals surface area (Å²) >= 11 is 0. The summed E-state index contributed by atoms with van der Waals surface area (Å²) in [7, 11) is 0. The number of nitrogens with one attached hydrogen (secondary N) is 1. The Hall–Kier alpha value is -2.15. The van der Waals surface area contributed by atoms with Gasteiger partial charge in [-0.1, -0.05) is 0 Å². The fourth-order valence-electron chi connectivity index (χ4n) is 3.37. The van der Waals surface area contributed by atoms with E-state index in [1.165, 1.54) is 6.92 Å². The minimum atomic E-state index is -0.909. The number of morpholine rings is 1. The van der Waals surface area contributed by atoms with E-state index in [0.717, 1.165) is 0 Å². The predicted octanol–water partition coefficient (Wildman–Crippen LogP) is 2.02. The van der Waals surface area contributed by atoms with E-state index in [9.17, 15) is 14.4 Å². The summed E-state index contributed by atoms with van der Waals surface area (Å²) in [5, 5.41) is 0. The van der Waals surface area contributed by atoms with Gasteiger partial charge in [-0.05, 0) is 47.1 Å². The van der Waals surface area contributed by atoms with Gasteiger partial charge in [0.05, 0.1) is 12.2 Å². The van der Waals surface area contributed by atoms with Crippen molar-refractivity contribution >= 4 is 17.7 Å². The Kier molecular flexibility index (Phi) is 5.67. The smallest absolute Gasteiger partial charge is 0.355 e. The molecule has 1 N–H and O–H groups in total. The number of aromatic amines is 1. The molecule has 1 amide bonds. The monoisotopic (exact) mass is 350 g/mol. The van der Waals surface area contributed by atoms with Gasteiger partial charge in [-0.15, -0.1) is 0 Å². The highest BCUT2D eigenvalue weighted by Gasteiger charge is 2.31. The minimum absolute atomic E-state index is 0.0537. The number of hydrogen-bond donors (Lipinski definition) is 1. The number of Topliss-reactive ketones (excluding diaryl/α,β-unsaturated/α-hetero) is 1. The van der Waals surface area contributed by atoms with Crippen molar-refractivity contribution in [3.8, 4) is 0 Å². The third kappa shape index (κ3) is 4.10. The SMILES string of the molecule is CC(=O)c1c(C)[nH]c(C(=O)O[C@@H](C)C(=O)N2C[C@@H](C)O[C@H](C)C2)c1C. The fraction of sp³-hybridized carbons (Fsp3) is 0.611. The number of hydrogen-bond acceptors (Lipinski definition) is 5. The van der Waals surface area contributed by atoms with Crippen molar-refractivity contribution in [1.29, 1.82) is 0 Å². The fourth-order valence-corrected chi connectivity index (χ4v) is 3.37. The average Bonchev–Trinajstić information content (AvgIpc) is 2.80. The maximum absolute atomic E-state index is 12.6. The van der Waals surface area contributed by atoms with Gasteiger partial charge in [0.25, 0.3) is 5.91 Å². The lowest BCUT2D eigenvalue weighted by molar-refractivity contribution is -0.151. The molecule has 2 heterocycles. The number of amides is 1. The number of esters is 1. The van der Waals surface area contributed by atoms with Crippen molar-refractivity contribution in [3.63, 3.8) is 0 Å². The molecule has 1 aliphatic rings. The first-order valence-corrected chi connectivity index (χ1v) is 8.47. The minimum Gasteiger partial charge on any atom is -0.448 e. The van der Waals surface area contributed by atoms with Crippen molar-refractivity contribution in [2.75, 3.05) is 13.1 Å². The van der Waals surface area contributed by atoms with Crippen LogP contribution < -0.4 is 0 Å². The maximum Gasteiger partial charge on any atom is 0.355 e. The molecule has 0 aromatic carbocycles. The number of rotatable bonds is 4. The quantitative estimate of drug-likeness (QED) is 0.663. The second-order valence-corrected chi connectivity index (χ2v) is 6.73. The normalized spacial score (nSPS) is 21.8. The summed E-state index contributed by atoms with van der Waals surface area (Å²) in [4.78, 5) is 41.2. The van der Waals surface area contributed by atoms with E-state index in [4.69, 9.17) is 9.47 Å². The van der Waals surface area contributed by atoms with E-state index in [0.29, 0.717) is 29.9 Å². The standard InChI is InChI=1S/C18H26N2O5/c1-9-7-20(8-10(2)24-9)17(22)14(6)25-18(23)16-11(3)15(13(5)21)12(4)19-16/h9-10,14,19H,7-8H2,1-6H3/t9-,10-,14+/m1/s1. The number of aromatic nitrogens is 1. The number of ether oxygens (including phenoxy) is 2. The summed E-state index contributed by atoms with van der Waals surface area (Å²) in [6.07, 6.45) is -1.02. The molecule has 1 saturated heterocycles. The highest BCUT2D eigenvalue weighted by atomic mass is 16.5. The zero-order chi connectivity index (χ0) is 18.9. The molecular formula is C18H26N2O5. The van der Waals surface area contributed by atoms with E-state index >= 15 is 0 Å². The Balaban J connectivity index is 2.09. The lowest BCUT2D eigenvalue weighted by Crippen LogP contribution is -2.51. The highest BCUT2D eigenvalue weighted by molar-refractivity contribution is 6.01. The van der Waals surface area contributed by atoms with Gasteiger partial charge in [0, 0.05) is 24.3 Å². The number of ketones is 1. The van der Waals surface area contributed by atoms with Gasteiger partial charge in [0.1, 0.15) is 5.69 Å². The van der Waals surface area contributed by atoms with Crippen LogP contribution in [0.5, 0.6) is 0 Å². The Labute approximate surface area is 147 Å². The molecule has 25 heavy (non-hydrogen) atoms.